The first-order chi connectivity index (χ1) is 9.96. The minimum absolute atomic E-state index is 0.322. The molecule has 0 saturated carbocycles. The van der Waals surface area contributed by atoms with Crippen molar-refractivity contribution in [1.29, 1.82) is 0 Å². The molecular weight excluding hydrogens is 284 g/mol. The molecule has 110 valence electrons. The van der Waals surface area contributed by atoms with Crippen molar-refractivity contribution in [1.82, 2.24) is 0 Å². The molecule has 2 aromatic carbocycles. The van der Waals surface area contributed by atoms with E-state index in [1.54, 1.807) is 13.8 Å². The van der Waals surface area contributed by atoms with Gasteiger partial charge in [-0.05, 0) is 43.0 Å². The SMILES string of the molecule is CCOC(=O)C(C)(Cl)c1ccc(-c2ccccc2)c(C)c1. The lowest BCUT2D eigenvalue weighted by molar-refractivity contribution is -0.146. The highest BCUT2D eigenvalue weighted by Crippen LogP contribution is 2.33. The second-order valence-corrected chi connectivity index (χ2v) is 5.88. The Morgan fingerprint density at radius 3 is 2.43 bits per heavy atom. The smallest absolute Gasteiger partial charge is 0.331 e. The summed E-state index contributed by atoms with van der Waals surface area (Å²) in [7, 11) is 0. The van der Waals surface area contributed by atoms with Crippen LogP contribution in [0.5, 0.6) is 0 Å². The first-order valence-electron chi connectivity index (χ1n) is 6.99. The van der Waals surface area contributed by atoms with Crippen LogP contribution in [0.3, 0.4) is 0 Å². The van der Waals surface area contributed by atoms with Gasteiger partial charge in [-0.1, -0.05) is 48.5 Å². The Kier molecular flexibility index (Phi) is 4.69. The Morgan fingerprint density at radius 2 is 1.86 bits per heavy atom. The molecule has 2 aromatic rings. The van der Waals surface area contributed by atoms with Crippen LogP contribution in [0.15, 0.2) is 48.5 Å². The van der Waals surface area contributed by atoms with Gasteiger partial charge in [0.1, 0.15) is 0 Å². The van der Waals surface area contributed by atoms with Gasteiger partial charge in [0, 0.05) is 0 Å². The van der Waals surface area contributed by atoms with Crippen LogP contribution in [0.1, 0.15) is 25.0 Å². The molecule has 0 bridgehead atoms. The summed E-state index contributed by atoms with van der Waals surface area (Å²) in [5, 5.41) is 0. The van der Waals surface area contributed by atoms with E-state index in [1.165, 1.54) is 0 Å². The van der Waals surface area contributed by atoms with Crippen molar-refractivity contribution in [3.63, 3.8) is 0 Å². The molecule has 2 nitrogen and oxygen atoms in total. The first-order valence-corrected chi connectivity index (χ1v) is 7.37. The average molecular weight is 303 g/mol. The molecule has 0 heterocycles. The summed E-state index contributed by atoms with van der Waals surface area (Å²) in [6.45, 7) is 5.78. The van der Waals surface area contributed by atoms with Gasteiger partial charge in [-0.2, -0.15) is 0 Å². The van der Waals surface area contributed by atoms with Gasteiger partial charge in [-0.3, -0.25) is 0 Å². The standard InChI is InChI=1S/C18H19ClO2/c1-4-21-17(20)18(3,19)15-10-11-16(13(2)12-15)14-8-6-5-7-9-14/h5-12H,4H2,1-3H3. The number of halogens is 1. The molecule has 0 spiro atoms. The number of ether oxygens (including phenoxy) is 1. The first kappa shape index (κ1) is 15.6. The van der Waals surface area contributed by atoms with Crippen LogP contribution in [0.2, 0.25) is 0 Å². The van der Waals surface area contributed by atoms with Crippen molar-refractivity contribution in [2.45, 2.75) is 25.6 Å². The minimum Gasteiger partial charge on any atom is -0.464 e. The summed E-state index contributed by atoms with van der Waals surface area (Å²) in [6.07, 6.45) is 0. The van der Waals surface area contributed by atoms with E-state index in [1.807, 2.05) is 43.3 Å². The fraction of sp³-hybridized carbons (Fsp3) is 0.278. The maximum absolute atomic E-state index is 12.0. The summed E-state index contributed by atoms with van der Waals surface area (Å²) < 4.78 is 5.04. The number of rotatable bonds is 4. The van der Waals surface area contributed by atoms with Crippen molar-refractivity contribution < 1.29 is 9.53 Å². The van der Waals surface area contributed by atoms with Crippen molar-refractivity contribution in [3.05, 3.63) is 59.7 Å². The summed E-state index contributed by atoms with van der Waals surface area (Å²) in [5.74, 6) is -0.418. The maximum atomic E-state index is 12.0. The lowest BCUT2D eigenvalue weighted by atomic mass is 9.93. The molecule has 3 heteroatoms. The summed E-state index contributed by atoms with van der Waals surface area (Å²) in [5.41, 5.74) is 4.11. The van der Waals surface area contributed by atoms with Gasteiger partial charge in [-0.25, -0.2) is 4.79 Å². The molecule has 1 unspecified atom stereocenters. The van der Waals surface area contributed by atoms with Crippen molar-refractivity contribution in [2.24, 2.45) is 0 Å². The van der Waals surface area contributed by atoms with Gasteiger partial charge in [0.2, 0.25) is 0 Å². The molecule has 1 atom stereocenters. The Balaban J connectivity index is 2.38. The number of esters is 1. The third kappa shape index (κ3) is 3.27. The van der Waals surface area contributed by atoms with Gasteiger partial charge >= 0.3 is 5.97 Å². The van der Waals surface area contributed by atoms with Gasteiger partial charge < -0.3 is 4.74 Å². The predicted molar refractivity (Wildman–Crippen MR) is 86.5 cm³/mol. The Morgan fingerprint density at radius 1 is 1.19 bits per heavy atom. The van der Waals surface area contributed by atoms with Gasteiger partial charge in [0.15, 0.2) is 4.87 Å². The molecule has 21 heavy (non-hydrogen) atoms. The van der Waals surface area contributed by atoms with Crippen molar-refractivity contribution in [3.8, 4) is 11.1 Å². The zero-order valence-corrected chi connectivity index (χ0v) is 13.3. The summed E-state index contributed by atoms with van der Waals surface area (Å²) >= 11 is 6.39. The van der Waals surface area contributed by atoms with Gasteiger partial charge in [0.05, 0.1) is 6.61 Å². The zero-order chi connectivity index (χ0) is 15.5. The number of carbonyl (C=O) groups is 1. The third-order valence-electron chi connectivity index (χ3n) is 3.51. The van der Waals surface area contributed by atoms with Crippen molar-refractivity contribution in [2.75, 3.05) is 6.61 Å². The Bertz CT molecular complexity index is 633. The molecular formula is C18H19ClO2. The summed E-state index contributed by atoms with van der Waals surface area (Å²) in [4.78, 5) is 10.8. The summed E-state index contributed by atoms with van der Waals surface area (Å²) in [6, 6.07) is 16.0. The van der Waals surface area contributed by atoms with E-state index in [2.05, 4.69) is 12.1 Å². The fourth-order valence-corrected chi connectivity index (χ4v) is 2.45. The highest BCUT2D eigenvalue weighted by molar-refractivity contribution is 6.33. The number of alkyl halides is 1. The van der Waals surface area contributed by atoms with E-state index in [-0.39, 0.29) is 0 Å². The van der Waals surface area contributed by atoms with Crippen LogP contribution in [0, 0.1) is 6.92 Å². The Labute approximate surface area is 130 Å². The van der Waals surface area contributed by atoms with Crippen LogP contribution in [-0.4, -0.2) is 12.6 Å². The van der Waals surface area contributed by atoms with E-state index in [4.69, 9.17) is 16.3 Å². The van der Waals surface area contributed by atoms with Crippen LogP contribution in [0.4, 0.5) is 0 Å². The number of benzene rings is 2. The largest absolute Gasteiger partial charge is 0.464 e. The molecule has 0 N–H and O–H groups in total. The highest BCUT2D eigenvalue weighted by Gasteiger charge is 2.34. The van der Waals surface area contributed by atoms with Crippen LogP contribution < -0.4 is 0 Å². The maximum Gasteiger partial charge on any atom is 0.331 e. The number of hydrogen-bond acceptors (Lipinski definition) is 2. The third-order valence-corrected chi connectivity index (χ3v) is 3.88. The van der Waals surface area contributed by atoms with Crippen molar-refractivity contribution >= 4 is 17.6 Å². The van der Waals surface area contributed by atoms with Crippen LogP contribution >= 0.6 is 11.6 Å². The molecule has 0 radical (unpaired) electrons. The van der Waals surface area contributed by atoms with E-state index in [0.29, 0.717) is 6.61 Å². The molecule has 0 aromatic heterocycles. The van der Waals surface area contributed by atoms with Crippen LogP contribution in [-0.2, 0) is 14.4 Å². The van der Waals surface area contributed by atoms with Gasteiger partial charge in [0.25, 0.3) is 0 Å². The molecule has 0 aliphatic rings. The van der Waals surface area contributed by atoms with E-state index in [9.17, 15) is 4.79 Å². The average Bonchev–Trinajstić information content (AvgIpc) is 2.48. The van der Waals surface area contributed by atoms with E-state index < -0.39 is 10.8 Å². The Hall–Kier alpha value is -1.80. The molecule has 0 amide bonds. The lowest BCUT2D eigenvalue weighted by Crippen LogP contribution is -2.28. The number of hydrogen-bond donors (Lipinski definition) is 0. The molecule has 0 saturated heterocycles. The molecule has 2 rings (SSSR count). The fourth-order valence-electron chi connectivity index (χ4n) is 2.28. The quantitative estimate of drug-likeness (QED) is 0.605. The monoisotopic (exact) mass is 302 g/mol. The second-order valence-electron chi connectivity index (χ2n) is 5.12. The van der Waals surface area contributed by atoms with Gasteiger partial charge in [-0.15, -0.1) is 11.6 Å². The van der Waals surface area contributed by atoms with E-state index in [0.717, 1.165) is 22.3 Å². The zero-order valence-electron chi connectivity index (χ0n) is 12.5. The highest BCUT2D eigenvalue weighted by atomic mass is 35.5. The number of aryl methyl sites for hydroxylation is 1. The topological polar surface area (TPSA) is 26.3 Å². The lowest BCUT2D eigenvalue weighted by Gasteiger charge is -2.21. The van der Waals surface area contributed by atoms with E-state index >= 15 is 0 Å². The second kappa shape index (κ2) is 6.31. The molecule has 0 aliphatic carbocycles. The molecule has 0 aliphatic heterocycles. The number of carbonyl (C=O) groups excluding carboxylic acids is 1. The van der Waals surface area contributed by atoms with Crippen LogP contribution in [0.25, 0.3) is 11.1 Å². The predicted octanol–water partition coefficient (Wildman–Crippen LogP) is 4.68. The minimum atomic E-state index is -1.16. The normalized spacial score (nSPS) is 13.5. The molecule has 0 fully saturated rings.